The molecule has 0 fully saturated rings. The molecule has 0 amide bonds. The van der Waals surface area contributed by atoms with Crippen LogP contribution in [0.25, 0.3) is 10.1 Å². The van der Waals surface area contributed by atoms with E-state index < -0.39 is 5.97 Å². The fourth-order valence-corrected chi connectivity index (χ4v) is 2.10. The van der Waals surface area contributed by atoms with Crippen molar-refractivity contribution in [3.8, 4) is 5.75 Å². The minimum atomic E-state index is -0.976. The van der Waals surface area contributed by atoms with E-state index in [9.17, 15) is 4.79 Å². The Morgan fingerprint density at radius 2 is 2.40 bits per heavy atom. The summed E-state index contributed by atoms with van der Waals surface area (Å²) in [5, 5.41) is 9.54. The van der Waals surface area contributed by atoms with E-state index in [0.717, 1.165) is 15.8 Å². The fourth-order valence-electron chi connectivity index (χ4n) is 1.28. The molecule has 0 aliphatic carbocycles. The second-order valence-corrected chi connectivity index (χ2v) is 3.91. The Morgan fingerprint density at radius 3 is 3.13 bits per heavy atom. The van der Waals surface area contributed by atoms with Crippen molar-refractivity contribution < 1.29 is 14.6 Å². The van der Waals surface area contributed by atoms with E-state index in [-0.39, 0.29) is 6.61 Å². The lowest BCUT2D eigenvalue weighted by atomic mass is 10.2. The molecule has 0 spiro atoms. The first-order valence-corrected chi connectivity index (χ1v) is 5.15. The number of ether oxygens (including phenoxy) is 1. The van der Waals surface area contributed by atoms with Gasteiger partial charge in [0.25, 0.3) is 0 Å². The van der Waals surface area contributed by atoms with Gasteiger partial charge in [0.1, 0.15) is 5.75 Å². The Balaban J connectivity index is 2.27. The Morgan fingerprint density at radius 1 is 1.60 bits per heavy atom. The third kappa shape index (κ3) is 2.07. The van der Waals surface area contributed by atoms with Gasteiger partial charge in [-0.05, 0) is 36.7 Å². The average Bonchev–Trinajstić information content (AvgIpc) is 2.57. The fraction of sp³-hybridized carbons (Fsp3) is 0.200. The highest BCUT2D eigenvalue weighted by atomic mass is 32.1. The maximum atomic E-state index is 10.3. The zero-order valence-electron chi connectivity index (χ0n) is 8.06. The lowest BCUT2D eigenvalue weighted by Gasteiger charge is -2.02. The number of rotatable bonds is 3. The van der Waals surface area contributed by atoms with Crippen molar-refractivity contribution >= 4 is 27.6 Å². The second kappa shape index (κ2) is 3.86. The van der Waals surface area contributed by atoms with Crippen LogP contribution >= 0.6 is 11.5 Å². The number of benzene rings is 1. The number of aryl methyl sites for hydroxylation is 1. The summed E-state index contributed by atoms with van der Waals surface area (Å²) in [6, 6.07) is 5.46. The first-order valence-electron chi connectivity index (χ1n) is 4.37. The van der Waals surface area contributed by atoms with Crippen molar-refractivity contribution in [2.24, 2.45) is 0 Å². The van der Waals surface area contributed by atoms with Crippen LogP contribution in [0.15, 0.2) is 18.2 Å². The summed E-state index contributed by atoms with van der Waals surface area (Å²) in [4.78, 5) is 10.3. The minimum absolute atomic E-state index is 0.316. The summed E-state index contributed by atoms with van der Waals surface area (Å²) in [6.45, 7) is 1.62. The van der Waals surface area contributed by atoms with Gasteiger partial charge in [0, 0.05) is 5.39 Å². The molecule has 4 nitrogen and oxygen atoms in total. The van der Waals surface area contributed by atoms with Gasteiger partial charge in [-0.15, -0.1) is 0 Å². The summed E-state index contributed by atoms with van der Waals surface area (Å²) in [6.07, 6.45) is 0. The van der Waals surface area contributed by atoms with E-state index in [1.165, 1.54) is 11.5 Å². The number of carboxylic acids is 1. The van der Waals surface area contributed by atoms with Crippen molar-refractivity contribution in [1.82, 2.24) is 4.37 Å². The van der Waals surface area contributed by atoms with Crippen LogP contribution in [-0.4, -0.2) is 22.1 Å². The van der Waals surface area contributed by atoms with Gasteiger partial charge in [0.05, 0.1) is 10.4 Å². The Bertz CT molecular complexity index is 506. The van der Waals surface area contributed by atoms with Crippen LogP contribution in [0.3, 0.4) is 0 Å². The topological polar surface area (TPSA) is 59.4 Å². The predicted octanol–water partition coefficient (Wildman–Crippen LogP) is 2.07. The molecule has 78 valence electrons. The molecule has 0 radical (unpaired) electrons. The summed E-state index contributed by atoms with van der Waals surface area (Å²) in [7, 11) is 0. The highest BCUT2D eigenvalue weighted by molar-refractivity contribution is 7.13. The van der Waals surface area contributed by atoms with Crippen LogP contribution in [0.5, 0.6) is 5.75 Å². The molecule has 0 aliphatic heterocycles. The lowest BCUT2D eigenvalue weighted by Crippen LogP contribution is -2.09. The largest absolute Gasteiger partial charge is 0.482 e. The maximum Gasteiger partial charge on any atom is 0.341 e. The molecule has 0 saturated heterocycles. The number of fused-ring (bicyclic) bond motifs is 1. The summed E-state index contributed by atoms with van der Waals surface area (Å²) < 4.78 is 10.3. The first kappa shape index (κ1) is 9.92. The third-order valence-corrected chi connectivity index (χ3v) is 2.89. The van der Waals surface area contributed by atoms with Gasteiger partial charge in [0.15, 0.2) is 6.61 Å². The molecule has 1 heterocycles. The van der Waals surface area contributed by atoms with Gasteiger partial charge in [0.2, 0.25) is 0 Å². The van der Waals surface area contributed by atoms with Crippen molar-refractivity contribution in [1.29, 1.82) is 0 Å². The third-order valence-electron chi connectivity index (χ3n) is 1.99. The Hall–Kier alpha value is -1.62. The molecule has 2 rings (SSSR count). The SMILES string of the molecule is Cc1nsc2cc(OCC(=O)O)ccc12. The standard InChI is InChI=1S/C10H9NO3S/c1-6-8-3-2-7(14-5-10(12)13)4-9(8)15-11-6/h2-4H,5H2,1H3,(H,12,13). The van der Waals surface area contributed by atoms with E-state index in [0.29, 0.717) is 5.75 Å². The molecule has 0 atom stereocenters. The summed E-state index contributed by atoms with van der Waals surface area (Å²) in [5.41, 5.74) is 0.986. The zero-order chi connectivity index (χ0) is 10.8. The molecule has 2 aromatic rings. The maximum absolute atomic E-state index is 10.3. The quantitative estimate of drug-likeness (QED) is 0.865. The molecule has 1 aromatic carbocycles. The molecule has 5 heteroatoms. The molecule has 0 bridgehead atoms. The van der Waals surface area contributed by atoms with Crippen LogP contribution in [0.1, 0.15) is 5.69 Å². The molecule has 1 N–H and O–H groups in total. The van der Waals surface area contributed by atoms with E-state index >= 15 is 0 Å². The monoisotopic (exact) mass is 223 g/mol. The van der Waals surface area contributed by atoms with Crippen LogP contribution < -0.4 is 4.74 Å². The molecule has 0 aliphatic rings. The predicted molar refractivity (Wildman–Crippen MR) is 57.5 cm³/mol. The molecular formula is C10H9NO3S. The summed E-state index contributed by atoms with van der Waals surface area (Å²) in [5.74, 6) is -0.413. The molecular weight excluding hydrogens is 214 g/mol. The number of carbonyl (C=O) groups is 1. The van der Waals surface area contributed by atoms with E-state index in [1.807, 2.05) is 19.1 Å². The van der Waals surface area contributed by atoms with Gasteiger partial charge in [-0.3, -0.25) is 0 Å². The van der Waals surface area contributed by atoms with E-state index in [4.69, 9.17) is 9.84 Å². The van der Waals surface area contributed by atoms with Crippen molar-refractivity contribution in [2.75, 3.05) is 6.61 Å². The van der Waals surface area contributed by atoms with Crippen LogP contribution in [0, 0.1) is 6.92 Å². The van der Waals surface area contributed by atoms with Gasteiger partial charge in [-0.1, -0.05) is 0 Å². The highest BCUT2D eigenvalue weighted by Crippen LogP contribution is 2.26. The van der Waals surface area contributed by atoms with Gasteiger partial charge < -0.3 is 9.84 Å². The number of nitrogens with zero attached hydrogens (tertiary/aromatic N) is 1. The number of hydrogen-bond donors (Lipinski definition) is 1. The molecule has 0 unspecified atom stereocenters. The van der Waals surface area contributed by atoms with Crippen LogP contribution in [0.2, 0.25) is 0 Å². The normalized spacial score (nSPS) is 10.5. The van der Waals surface area contributed by atoms with Crippen molar-refractivity contribution in [3.63, 3.8) is 0 Å². The van der Waals surface area contributed by atoms with Crippen LogP contribution in [0.4, 0.5) is 0 Å². The van der Waals surface area contributed by atoms with Gasteiger partial charge in [-0.25, -0.2) is 4.79 Å². The molecule has 15 heavy (non-hydrogen) atoms. The Kier molecular flexibility index (Phi) is 2.55. The van der Waals surface area contributed by atoms with Gasteiger partial charge in [-0.2, -0.15) is 4.37 Å². The number of hydrogen-bond acceptors (Lipinski definition) is 4. The highest BCUT2D eigenvalue weighted by Gasteiger charge is 2.04. The van der Waals surface area contributed by atoms with E-state index in [2.05, 4.69) is 4.37 Å². The zero-order valence-corrected chi connectivity index (χ0v) is 8.87. The van der Waals surface area contributed by atoms with E-state index in [1.54, 1.807) is 6.07 Å². The number of aliphatic carboxylic acids is 1. The average molecular weight is 223 g/mol. The van der Waals surface area contributed by atoms with Gasteiger partial charge >= 0.3 is 5.97 Å². The molecule has 1 aromatic heterocycles. The van der Waals surface area contributed by atoms with Crippen molar-refractivity contribution in [3.05, 3.63) is 23.9 Å². The minimum Gasteiger partial charge on any atom is -0.482 e. The first-order chi connectivity index (χ1) is 7.16. The number of carboxylic acid groups (broad SMARTS) is 1. The van der Waals surface area contributed by atoms with Crippen molar-refractivity contribution in [2.45, 2.75) is 6.92 Å². The summed E-state index contributed by atoms with van der Waals surface area (Å²) >= 11 is 1.38. The molecule has 0 saturated carbocycles. The smallest absolute Gasteiger partial charge is 0.341 e. The van der Waals surface area contributed by atoms with Crippen LogP contribution in [-0.2, 0) is 4.79 Å². The second-order valence-electron chi connectivity index (χ2n) is 3.11. The lowest BCUT2D eigenvalue weighted by molar-refractivity contribution is -0.139. The Labute approximate surface area is 90.3 Å². The number of aromatic nitrogens is 1.